The largest absolute Gasteiger partial charge is 0.347 e. The first-order chi connectivity index (χ1) is 13.6. The third-order valence-corrected chi connectivity index (χ3v) is 4.63. The Morgan fingerprint density at radius 3 is 2.04 bits per heavy atom. The molecule has 2 aromatic rings. The van der Waals surface area contributed by atoms with E-state index in [1.807, 2.05) is 41.3 Å². The molecule has 0 saturated carbocycles. The van der Waals surface area contributed by atoms with E-state index in [9.17, 15) is 14.4 Å². The second kappa shape index (κ2) is 9.66. The minimum Gasteiger partial charge on any atom is -0.347 e. The molecular weight excluding hydrogens is 356 g/mol. The standard InChI is InChI=1S/C21H24N4O3/c26-19(20(27)23-18-9-5-2-6-10-18)22-11-12-24-13-15-25(16-14-24)21(28)17-7-3-1-4-8-17/h1-10H,11-16H2,(H,22,26)(H,23,27). The lowest BCUT2D eigenvalue weighted by molar-refractivity contribution is -0.136. The van der Waals surface area contributed by atoms with Crippen LogP contribution >= 0.6 is 0 Å². The van der Waals surface area contributed by atoms with Gasteiger partial charge in [0.2, 0.25) is 0 Å². The molecule has 1 saturated heterocycles. The number of rotatable bonds is 5. The monoisotopic (exact) mass is 380 g/mol. The number of benzene rings is 2. The van der Waals surface area contributed by atoms with Gasteiger partial charge in [-0.2, -0.15) is 0 Å². The zero-order chi connectivity index (χ0) is 19.8. The van der Waals surface area contributed by atoms with Crippen LogP contribution in [0.15, 0.2) is 60.7 Å². The number of anilines is 1. The summed E-state index contributed by atoms with van der Waals surface area (Å²) in [6.45, 7) is 3.80. The van der Waals surface area contributed by atoms with Crippen LogP contribution in [0.4, 0.5) is 5.69 Å². The van der Waals surface area contributed by atoms with E-state index in [2.05, 4.69) is 15.5 Å². The van der Waals surface area contributed by atoms with Gasteiger partial charge in [-0.25, -0.2) is 0 Å². The summed E-state index contributed by atoms with van der Waals surface area (Å²) in [6, 6.07) is 18.1. The number of hydrogen-bond donors (Lipinski definition) is 2. The number of carbonyl (C=O) groups is 3. The number of amides is 3. The predicted octanol–water partition coefficient (Wildman–Crippen LogP) is 1.20. The highest BCUT2D eigenvalue weighted by atomic mass is 16.2. The van der Waals surface area contributed by atoms with E-state index >= 15 is 0 Å². The van der Waals surface area contributed by atoms with Gasteiger partial charge >= 0.3 is 11.8 Å². The Bertz CT molecular complexity index is 803. The molecule has 1 aliphatic heterocycles. The summed E-state index contributed by atoms with van der Waals surface area (Å²) < 4.78 is 0. The first kappa shape index (κ1) is 19.6. The zero-order valence-corrected chi connectivity index (χ0v) is 15.6. The van der Waals surface area contributed by atoms with Crippen LogP contribution in [0.5, 0.6) is 0 Å². The van der Waals surface area contributed by atoms with Crippen molar-refractivity contribution in [2.45, 2.75) is 0 Å². The highest BCUT2D eigenvalue weighted by Crippen LogP contribution is 2.08. The molecule has 0 aromatic heterocycles. The van der Waals surface area contributed by atoms with Crippen molar-refractivity contribution in [1.29, 1.82) is 0 Å². The van der Waals surface area contributed by atoms with Gasteiger partial charge in [-0.15, -0.1) is 0 Å². The van der Waals surface area contributed by atoms with Crippen molar-refractivity contribution < 1.29 is 14.4 Å². The summed E-state index contributed by atoms with van der Waals surface area (Å²) >= 11 is 0. The third-order valence-electron chi connectivity index (χ3n) is 4.63. The average molecular weight is 380 g/mol. The minimum absolute atomic E-state index is 0.0473. The maximum absolute atomic E-state index is 12.4. The quantitative estimate of drug-likeness (QED) is 0.764. The second-order valence-corrected chi connectivity index (χ2v) is 6.58. The summed E-state index contributed by atoms with van der Waals surface area (Å²) in [5.41, 5.74) is 1.29. The summed E-state index contributed by atoms with van der Waals surface area (Å²) in [5.74, 6) is -1.28. The SMILES string of the molecule is O=C(NCCN1CCN(C(=O)c2ccccc2)CC1)C(=O)Nc1ccccc1. The molecular formula is C21H24N4O3. The van der Waals surface area contributed by atoms with Crippen molar-refractivity contribution in [2.75, 3.05) is 44.6 Å². The molecule has 0 unspecified atom stereocenters. The lowest BCUT2D eigenvalue weighted by Gasteiger charge is -2.34. The fraction of sp³-hybridized carbons (Fsp3) is 0.286. The summed E-state index contributed by atoms with van der Waals surface area (Å²) in [6.07, 6.45) is 0. The highest BCUT2D eigenvalue weighted by molar-refractivity contribution is 6.39. The number of carbonyl (C=O) groups excluding carboxylic acids is 3. The number of piperazine rings is 1. The van der Waals surface area contributed by atoms with Gasteiger partial charge in [-0.1, -0.05) is 36.4 Å². The van der Waals surface area contributed by atoms with Gasteiger partial charge < -0.3 is 15.5 Å². The Morgan fingerprint density at radius 1 is 0.786 bits per heavy atom. The minimum atomic E-state index is -0.676. The molecule has 1 aliphatic rings. The molecule has 7 nitrogen and oxygen atoms in total. The summed E-state index contributed by atoms with van der Waals surface area (Å²) in [4.78, 5) is 40.2. The fourth-order valence-corrected chi connectivity index (χ4v) is 3.06. The molecule has 2 N–H and O–H groups in total. The Kier molecular flexibility index (Phi) is 6.75. The van der Waals surface area contributed by atoms with Gasteiger partial charge in [0.1, 0.15) is 0 Å². The first-order valence-corrected chi connectivity index (χ1v) is 9.34. The number of para-hydroxylation sites is 1. The molecule has 1 heterocycles. The second-order valence-electron chi connectivity index (χ2n) is 6.58. The van der Waals surface area contributed by atoms with E-state index in [4.69, 9.17) is 0 Å². The topological polar surface area (TPSA) is 81.8 Å². The smallest absolute Gasteiger partial charge is 0.313 e. The molecule has 28 heavy (non-hydrogen) atoms. The lowest BCUT2D eigenvalue weighted by atomic mass is 10.2. The maximum atomic E-state index is 12.4. The number of nitrogens with one attached hydrogen (secondary N) is 2. The van der Waals surface area contributed by atoms with Crippen LogP contribution in [-0.4, -0.2) is 66.8 Å². The zero-order valence-electron chi connectivity index (χ0n) is 15.6. The van der Waals surface area contributed by atoms with Crippen LogP contribution < -0.4 is 10.6 Å². The molecule has 3 amide bonds. The molecule has 3 rings (SSSR count). The van der Waals surface area contributed by atoms with E-state index in [1.165, 1.54) is 0 Å². The molecule has 1 fully saturated rings. The highest BCUT2D eigenvalue weighted by Gasteiger charge is 2.22. The van der Waals surface area contributed by atoms with Gasteiger partial charge in [0, 0.05) is 50.5 Å². The van der Waals surface area contributed by atoms with Crippen molar-refractivity contribution in [3.8, 4) is 0 Å². The van der Waals surface area contributed by atoms with Crippen molar-refractivity contribution in [3.05, 3.63) is 66.2 Å². The fourth-order valence-electron chi connectivity index (χ4n) is 3.06. The summed E-state index contributed by atoms with van der Waals surface area (Å²) in [7, 11) is 0. The van der Waals surface area contributed by atoms with Crippen molar-refractivity contribution in [1.82, 2.24) is 15.1 Å². The van der Waals surface area contributed by atoms with Crippen LogP contribution in [0.25, 0.3) is 0 Å². The van der Waals surface area contributed by atoms with Gasteiger partial charge in [0.25, 0.3) is 5.91 Å². The predicted molar refractivity (Wildman–Crippen MR) is 107 cm³/mol. The molecule has 0 bridgehead atoms. The Hall–Kier alpha value is -3.19. The lowest BCUT2D eigenvalue weighted by Crippen LogP contribution is -2.50. The van der Waals surface area contributed by atoms with Gasteiger partial charge in [-0.05, 0) is 24.3 Å². The van der Waals surface area contributed by atoms with Crippen LogP contribution in [0.3, 0.4) is 0 Å². The van der Waals surface area contributed by atoms with Gasteiger partial charge in [0.15, 0.2) is 0 Å². The first-order valence-electron chi connectivity index (χ1n) is 9.34. The number of hydrogen-bond acceptors (Lipinski definition) is 4. The van der Waals surface area contributed by atoms with Crippen LogP contribution in [0.2, 0.25) is 0 Å². The molecule has 0 spiro atoms. The molecule has 7 heteroatoms. The van der Waals surface area contributed by atoms with Crippen LogP contribution in [0, 0.1) is 0 Å². The molecule has 0 radical (unpaired) electrons. The van der Waals surface area contributed by atoms with E-state index in [1.54, 1.807) is 24.3 Å². The average Bonchev–Trinajstić information content (AvgIpc) is 2.75. The Balaban J connectivity index is 1.36. The number of nitrogens with zero attached hydrogens (tertiary/aromatic N) is 2. The molecule has 0 atom stereocenters. The van der Waals surface area contributed by atoms with Crippen molar-refractivity contribution in [2.24, 2.45) is 0 Å². The van der Waals surface area contributed by atoms with E-state index < -0.39 is 11.8 Å². The van der Waals surface area contributed by atoms with Crippen molar-refractivity contribution >= 4 is 23.4 Å². The van der Waals surface area contributed by atoms with Crippen molar-refractivity contribution in [3.63, 3.8) is 0 Å². The van der Waals surface area contributed by atoms with Gasteiger partial charge in [0.05, 0.1) is 0 Å². The molecule has 2 aromatic carbocycles. The van der Waals surface area contributed by atoms with Gasteiger partial charge in [-0.3, -0.25) is 19.3 Å². The Morgan fingerprint density at radius 2 is 1.39 bits per heavy atom. The van der Waals surface area contributed by atoms with E-state index in [0.717, 1.165) is 13.1 Å². The van der Waals surface area contributed by atoms with E-state index in [-0.39, 0.29) is 5.91 Å². The maximum Gasteiger partial charge on any atom is 0.313 e. The van der Waals surface area contributed by atoms with Crippen LogP contribution in [0.1, 0.15) is 10.4 Å². The third kappa shape index (κ3) is 5.40. The Labute approximate surface area is 164 Å². The molecule has 0 aliphatic carbocycles. The van der Waals surface area contributed by atoms with Crippen LogP contribution in [-0.2, 0) is 9.59 Å². The summed E-state index contributed by atoms with van der Waals surface area (Å²) in [5, 5.41) is 5.19. The normalized spacial score (nSPS) is 14.4. The van der Waals surface area contributed by atoms with E-state index in [0.29, 0.717) is 37.4 Å². The molecule has 146 valence electrons.